The number of hydrogen-bond donors (Lipinski definition) is 2. The Hall–Kier alpha value is -0.650. The molecule has 0 aromatic heterocycles. The van der Waals surface area contributed by atoms with Crippen molar-refractivity contribution in [2.75, 3.05) is 32.8 Å². The molecule has 0 spiro atoms. The number of aliphatic hydroxyl groups excluding tert-OH is 1. The van der Waals surface area contributed by atoms with Crippen molar-refractivity contribution < 1.29 is 14.6 Å². The molecule has 1 heterocycles. The number of carbonyl (C=O) groups excluding carboxylic acids is 1. The van der Waals surface area contributed by atoms with Gasteiger partial charge in [0.05, 0.1) is 24.7 Å². The lowest BCUT2D eigenvalue weighted by molar-refractivity contribution is -0.127. The monoisotopic (exact) mass is 298 g/mol. The Morgan fingerprint density at radius 1 is 1.38 bits per heavy atom. The lowest BCUT2D eigenvalue weighted by Crippen LogP contribution is -2.46. The Bertz CT molecular complexity index is 331. The van der Waals surface area contributed by atoms with Crippen molar-refractivity contribution in [2.24, 2.45) is 11.8 Å². The van der Waals surface area contributed by atoms with Crippen LogP contribution in [0.25, 0.3) is 0 Å². The zero-order valence-electron chi connectivity index (χ0n) is 13.4. The molecule has 5 nitrogen and oxygen atoms in total. The maximum absolute atomic E-state index is 12.2. The molecule has 0 aromatic carbocycles. The highest BCUT2D eigenvalue weighted by molar-refractivity contribution is 5.79. The van der Waals surface area contributed by atoms with Gasteiger partial charge in [0.2, 0.25) is 5.91 Å². The number of piperidine rings is 1. The van der Waals surface area contributed by atoms with Crippen molar-refractivity contribution >= 4 is 5.91 Å². The van der Waals surface area contributed by atoms with Crippen LogP contribution in [0.4, 0.5) is 0 Å². The summed E-state index contributed by atoms with van der Waals surface area (Å²) >= 11 is 0. The van der Waals surface area contributed by atoms with E-state index in [1.807, 2.05) is 13.8 Å². The first-order chi connectivity index (χ1) is 10.0. The van der Waals surface area contributed by atoms with Gasteiger partial charge >= 0.3 is 0 Å². The molecule has 21 heavy (non-hydrogen) atoms. The molecule has 0 bridgehead atoms. The van der Waals surface area contributed by atoms with E-state index in [0.717, 1.165) is 38.4 Å². The fourth-order valence-corrected chi connectivity index (χ4v) is 2.80. The molecule has 1 aliphatic carbocycles. The quantitative estimate of drug-likeness (QED) is 0.702. The van der Waals surface area contributed by atoms with Gasteiger partial charge in [0.25, 0.3) is 0 Å². The second-order valence-corrected chi connectivity index (χ2v) is 6.82. The number of hydrogen-bond acceptors (Lipinski definition) is 4. The summed E-state index contributed by atoms with van der Waals surface area (Å²) in [6.07, 6.45) is 4.19. The third-order valence-corrected chi connectivity index (χ3v) is 4.23. The first-order valence-electron chi connectivity index (χ1n) is 8.34. The minimum Gasteiger partial charge on any atom is -0.389 e. The normalized spacial score (nSPS) is 25.0. The summed E-state index contributed by atoms with van der Waals surface area (Å²) in [5.74, 6) is 0.999. The van der Waals surface area contributed by atoms with Crippen molar-refractivity contribution in [3.05, 3.63) is 0 Å². The minimum atomic E-state index is -0.472. The van der Waals surface area contributed by atoms with Gasteiger partial charge < -0.3 is 15.2 Å². The first-order valence-corrected chi connectivity index (χ1v) is 8.34. The van der Waals surface area contributed by atoms with Crippen molar-refractivity contribution in [1.29, 1.82) is 0 Å². The molecule has 0 radical (unpaired) electrons. The molecule has 2 N–H and O–H groups in total. The predicted octanol–water partition coefficient (Wildman–Crippen LogP) is 1.01. The van der Waals surface area contributed by atoms with E-state index in [2.05, 4.69) is 10.2 Å². The van der Waals surface area contributed by atoms with Crippen LogP contribution in [0.1, 0.15) is 39.5 Å². The molecular formula is C16H30N2O3. The third-order valence-electron chi connectivity index (χ3n) is 4.23. The molecular weight excluding hydrogens is 268 g/mol. The Morgan fingerprint density at radius 3 is 2.81 bits per heavy atom. The molecule has 1 amide bonds. The highest BCUT2D eigenvalue weighted by Crippen LogP contribution is 2.27. The molecule has 1 aliphatic heterocycles. The summed E-state index contributed by atoms with van der Waals surface area (Å²) in [6, 6.07) is 0. The summed E-state index contributed by atoms with van der Waals surface area (Å²) < 4.78 is 5.44. The number of likely N-dealkylation sites (tertiary alicyclic amines) is 1. The molecule has 2 aliphatic rings. The molecule has 1 saturated carbocycles. The van der Waals surface area contributed by atoms with Crippen LogP contribution in [0, 0.1) is 11.8 Å². The van der Waals surface area contributed by atoms with E-state index in [1.54, 1.807) is 0 Å². The number of ether oxygens (including phenoxy) is 1. The summed E-state index contributed by atoms with van der Waals surface area (Å²) in [5, 5.41) is 13.1. The number of rotatable bonds is 8. The number of aliphatic hydroxyl groups is 1. The SMILES string of the molecule is CC(C)OCC(O)CN1CCCC(C(=O)NCC2CC2)C1. The smallest absolute Gasteiger partial charge is 0.224 e. The number of amides is 1. The molecule has 2 atom stereocenters. The zero-order chi connectivity index (χ0) is 15.2. The molecule has 2 rings (SSSR count). The Balaban J connectivity index is 1.67. The second kappa shape index (κ2) is 8.11. The van der Waals surface area contributed by atoms with E-state index >= 15 is 0 Å². The van der Waals surface area contributed by atoms with Gasteiger partial charge in [0, 0.05) is 19.6 Å². The third kappa shape index (κ3) is 6.32. The zero-order valence-corrected chi connectivity index (χ0v) is 13.4. The van der Waals surface area contributed by atoms with E-state index in [-0.39, 0.29) is 17.9 Å². The van der Waals surface area contributed by atoms with Crippen molar-refractivity contribution in [3.63, 3.8) is 0 Å². The molecule has 2 fully saturated rings. The summed E-state index contributed by atoms with van der Waals surface area (Å²) in [7, 11) is 0. The van der Waals surface area contributed by atoms with E-state index in [0.29, 0.717) is 13.2 Å². The lowest BCUT2D eigenvalue weighted by Gasteiger charge is -2.33. The Kier molecular flexibility index (Phi) is 6.45. The fraction of sp³-hybridized carbons (Fsp3) is 0.938. The van der Waals surface area contributed by atoms with Crippen LogP contribution in [0.5, 0.6) is 0 Å². The van der Waals surface area contributed by atoms with Gasteiger partial charge in [-0.2, -0.15) is 0 Å². The van der Waals surface area contributed by atoms with Gasteiger partial charge in [-0.25, -0.2) is 0 Å². The maximum Gasteiger partial charge on any atom is 0.224 e. The van der Waals surface area contributed by atoms with Gasteiger partial charge in [-0.3, -0.25) is 9.69 Å². The van der Waals surface area contributed by atoms with E-state index in [4.69, 9.17) is 4.74 Å². The van der Waals surface area contributed by atoms with Crippen molar-refractivity contribution in [2.45, 2.75) is 51.7 Å². The second-order valence-electron chi connectivity index (χ2n) is 6.82. The summed E-state index contributed by atoms with van der Waals surface area (Å²) in [4.78, 5) is 14.3. The van der Waals surface area contributed by atoms with Crippen molar-refractivity contribution in [1.82, 2.24) is 10.2 Å². The highest BCUT2D eigenvalue weighted by Gasteiger charge is 2.28. The fourth-order valence-electron chi connectivity index (χ4n) is 2.80. The molecule has 2 unspecified atom stereocenters. The van der Waals surface area contributed by atoms with E-state index < -0.39 is 6.10 Å². The number of carbonyl (C=O) groups is 1. The number of nitrogens with zero attached hydrogens (tertiary/aromatic N) is 1. The average molecular weight is 298 g/mol. The predicted molar refractivity (Wildman–Crippen MR) is 82.0 cm³/mol. The van der Waals surface area contributed by atoms with Gasteiger partial charge in [-0.1, -0.05) is 0 Å². The van der Waals surface area contributed by atoms with E-state index in [9.17, 15) is 9.90 Å². The van der Waals surface area contributed by atoms with Crippen LogP contribution < -0.4 is 5.32 Å². The van der Waals surface area contributed by atoms with Gasteiger partial charge in [-0.05, 0) is 52.0 Å². The number of nitrogens with one attached hydrogen (secondary N) is 1. The topological polar surface area (TPSA) is 61.8 Å². The standard InChI is InChI=1S/C16H30N2O3/c1-12(2)21-11-15(19)10-18-7-3-4-14(9-18)16(20)17-8-13-5-6-13/h12-15,19H,3-11H2,1-2H3,(H,17,20). The molecule has 5 heteroatoms. The minimum absolute atomic E-state index is 0.0794. The Morgan fingerprint density at radius 2 is 2.14 bits per heavy atom. The Labute approximate surface area is 128 Å². The van der Waals surface area contributed by atoms with E-state index in [1.165, 1.54) is 12.8 Å². The van der Waals surface area contributed by atoms with Crippen LogP contribution >= 0.6 is 0 Å². The van der Waals surface area contributed by atoms with Gasteiger partial charge in [-0.15, -0.1) is 0 Å². The highest BCUT2D eigenvalue weighted by atomic mass is 16.5. The van der Waals surface area contributed by atoms with Crippen LogP contribution in [0.2, 0.25) is 0 Å². The molecule has 0 aromatic rings. The van der Waals surface area contributed by atoms with Crippen LogP contribution in [-0.2, 0) is 9.53 Å². The van der Waals surface area contributed by atoms with Crippen molar-refractivity contribution in [3.8, 4) is 0 Å². The average Bonchev–Trinajstić information content (AvgIpc) is 3.27. The molecule has 122 valence electrons. The maximum atomic E-state index is 12.2. The van der Waals surface area contributed by atoms with Crippen LogP contribution in [-0.4, -0.2) is 60.9 Å². The van der Waals surface area contributed by atoms with Crippen LogP contribution in [0.15, 0.2) is 0 Å². The number of β-amino-alcohol motifs (C(OH)–C–C–N with tert-alkyl or cyclic N) is 1. The first kappa shape index (κ1) is 16.7. The summed E-state index contributed by atoms with van der Waals surface area (Å²) in [6.45, 7) is 7.47. The molecule has 1 saturated heterocycles. The van der Waals surface area contributed by atoms with Gasteiger partial charge in [0.1, 0.15) is 0 Å². The van der Waals surface area contributed by atoms with Gasteiger partial charge in [0.15, 0.2) is 0 Å². The van der Waals surface area contributed by atoms with Crippen LogP contribution in [0.3, 0.4) is 0 Å². The summed E-state index contributed by atoms with van der Waals surface area (Å²) in [5.41, 5.74) is 0. The lowest BCUT2D eigenvalue weighted by atomic mass is 9.97. The largest absolute Gasteiger partial charge is 0.389 e.